The fraction of sp³-hybridized carbons (Fsp3) is 0.325. The molecule has 4 aliphatic rings. The molecule has 1 saturated carbocycles. The number of rotatable bonds is 9. The topological polar surface area (TPSA) is 188 Å². The number of hydrogen-bond donors (Lipinski definition) is 3. The van der Waals surface area contributed by atoms with Crippen LogP contribution in [0.1, 0.15) is 74.2 Å². The maximum absolute atomic E-state index is 13.7. The first-order valence-electron chi connectivity index (χ1n) is 18.8. The summed E-state index contributed by atoms with van der Waals surface area (Å²) < 4.78 is 2.06. The Morgan fingerprint density at radius 3 is 2.48 bits per heavy atom. The van der Waals surface area contributed by atoms with Gasteiger partial charge in [-0.05, 0) is 68.1 Å². The summed E-state index contributed by atoms with van der Waals surface area (Å²) in [6.45, 7) is 5.02. The van der Waals surface area contributed by atoms with Crippen LogP contribution >= 0.6 is 0 Å². The third kappa shape index (κ3) is 6.35. The first-order valence-corrected chi connectivity index (χ1v) is 18.8. The van der Waals surface area contributed by atoms with Crippen molar-refractivity contribution in [1.82, 2.24) is 40.0 Å². The quantitative estimate of drug-likeness (QED) is 0.187. The number of carbonyl (C=O) groups excluding carboxylic acids is 5. The zero-order valence-corrected chi connectivity index (χ0v) is 30.6. The molecule has 3 aliphatic heterocycles. The van der Waals surface area contributed by atoms with E-state index in [0.717, 1.165) is 40.3 Å². The van der Waals surface area contributed by atoms with E-state index in [2.05, 4.69) is 68.5 Å². The van der Waals surface area contributed by atoms with Gasteiger partial charge in [-0.1, -0.05) is 24.3 Å². The van der Waals surface area contributed by atoms with Gasteiger partial charge in [-0.3, -0.25) is 34.2 Å². The van der Waals surface area contributed by atoms with Crippen LogP contribution in [0.3, 0.4) is 0 Å². The van der Waals surface area contributed by atoms with Gasteiger partial charge in [0.05, 0.1) is 23.1 Å². The number of piperazine rings is 1. The molecule has 3 aromatic heterocycles. The highest BCUT2D eigenvalue weighted by atomic mass is 16.2. The number of aryl methyl sites for hydroxylation is 1. The molecule has 1 aliphatic carbocycles. The van der Waals surface area contributed by atoms with E-state index in [0.29, 0.717) is 61.0 Å². The Balaban J connectivity index is 0.816. The minimum atomic E-state index is -1.00. The molecule has 284 valence electrons. The van der Waals surface area contributed by atoms with E-state index >= 15 is 0 Å². The lowest BCUT2D eigenvalue weighted by Crippen LogP contribution is -2.54. The smallest absolute Gasteiger partial charge is 0.270 e. The van der Waals surface area contributed by atoms with Gasteiger partial charge in [0.2, 0.25) is 11.8 Å². The summed E-state index contributed by atoms with van der Waals surface area (Å²) in [7, 11) is 0. The Labute approximate surface area is 321 Å². The third-order valence-electron chi connectivity index (χ3n) is 11.1. The number of benzene rings is 2. The van der Waals surface area contributed by atoms with Crippen LogP contribution in [0, 0.1) is 6.92 Å². The fourth-order valence-corrected chi connectivity index (χ4v) is 8.13. The van der Waals surface area contributed by atoms with Crippen molar-refractivity contribution in [2.24, 2.45) is 0 Å². The second-order valence-corrected chi connectivity index (χ2v) is 14.7. The minimum absolute atomic E-state index is 0.0497. The van der Waals surface area contributed by atoms with Crippen molar-refractivity contribution in [1.29, 1.82) is 0 Å². The highest BCUT2D eigenvalue weighted by Crippen LogP contribution is 2.36. The molecule has 6 heterocycles. The number of carbonyl (C=O) groups is 5. The lowest BCUT2D eigenvalue weighted by atomic mass is 9.86. The summed E-state index contributed by atoms with van der Waals surface area (Å²) in [4.78, 5) is 87.4. The van der Waals surface area contributed by atoms with Crippen molar-refractivity contribution in [3.8, 4) is 0 Å². The zero-order chi connectivity index (χ0) is 38.5. The van der Waals surface area contributed by atoms with Crippen LogP contribution < -0.4 is 25.8 Å². The van der Waals surface area contributed by atoms with Gasteiger partial charge in [0.25, 0.3) is 17.7 Å². The standard InChI is InChI=1S/C40H39N11O5/c1-23-5-2-9-29(45-23)37(53)46-25-18-27(19-25)50-22-44-34-35(42-21-43-36(34)50)41-20-24-6-3-7-26(17-24)48-13-15-49(16-14-48)30-10-4-8-28-33(30)40(56)51(39(28)55)31-11-12-32(52)47-38(31)54/h2-10,17,21-22,25,27,31H,11-16,18-20H2,1H3,(H,46,53)(H,41,42,43)(H,47,52,54)/t25?,27?,31-/m0/s1. The highest BCUT2D eigenvalue weighted by molar-refractivity contribution is 6.25. The van der Waals surface area contributed by atoms with Gasteiger partial charge in [-0.25, -0.2) is 19.9 Å². The van der Waals surface area contributed by atoms with Crippen LogP contribution in [0.5, 0.6) is 0 Å². The molecule has 1 atom stereocenters. The summed E-state index contributed by atoms with van der Waals surface area (Å²) in [5, 5.41) is 8.79. The Morgan fingerprint density at radius 2 is 1.68 bits per heavy atom. The van der Waals surface area contributed by atoms with Crippen LogP contribution in [0.25, 0.3) is 11.2 Å². The Hall–Kier alpha value is -6.71. The summed E-state index contributed by atoms with van der Waals surface area (Å²) in [6.07, 6.45) is 5.06. The number of imide groups is 2. The molecular formula is C40H39N11O5. The van der Waals surface area contributed by atoms with Crippen molar-refractivity contribution in [2.45, 2.75) is 57.3 Å². The van der Waals surface area contributed by atoms with Crippen LogP contribution in [0.15, 0.2) is 73.3 Å². The Morgan fingerprint density at radius 1 is 0.893 bits per heavy atom. The molecule has 5 aromatic rings. The molecule has 3 fully saturated rings. The lowest BCUT2D eigenvalue weighted by molar-refractivity contribution is -0.136. The molecule has 2 saturated heterocycles. The summed E-state index contributed by atoms with van der Waals surface area (Å²) in [6, 6.07) is 18.2. The number of pyridine rings is 1. The second-order valence-electron chi connectivity index (χ2n) is 14.7. The lowest BCUT2D eigenvalue weighted by Gasteiger charge is -2.38. The molecule has 16 nitrogen and oxygen atoms in total. The van der Waals surface area contributed by atoms with E-state index in [1.54, 1.807) is 24.5 Å². The summed E-state index contributed by atoms with van der Waals surface area (Å²) in [5.74, 6) is -1.56. The fourth-order valence-electron chi connectivity index (χ4n) is 8.13. The van der Waals surface area contributed by atoms with Crippen molar-refractivity contribution < 1.29 is 24.0 Å². The molecule has 3 N–H and O–H groups in total. The van der Waals surface area contributed by atoms with E-state index in [9.17, 15) is 24.0 Å². The van der Waals surface area contributed by atoms with Gasteiger partial charge >= 0.3 is 0 Å². The number of hydrogen-bond acceptors (Lipinski definition) is 12. The number of nitrogens with zero attached hydrogens (tertiary/aromatic N) is 8. The van der Waals surface area contributed by atoms with Gasteiger partial charge in [0.15, 0.2) is 11.5 Å². The number of anilines is 3. The number of piperidine rings is 1. The minimum Gasteiger partial charge on any atom is -0.368 e. The third-order valence-corrected chi connectivity index (χ3v) is 11.1. The molecule has 5 amide bonds. The predicted molar refractivity (Wildman–Crippen MR) is 205 cm³/mol. The second kappa shape index (κ2) is 14.2. The van der Waals surface area contributed by atoms with Gasteiger partial charge in [-0.15, -0.1) is 0 Å². The van der Waals surface area contributed by atoms with Crippen LogP contribution in [-0.2, 0) is 16.1 Å². The van der Waals surface area contributed by atoms with Crippen LogP contribution in [0.4, 0.5) is 17.2 Å². The molecule has 0 unspecified atom stereocenters. The molecule has 56 heavy (non-hydrogen) atoms. The van der Waals surface area contributed by atoms with Crippen molar-refractivity contribution in [3.05, 3.63) is 101 Å². The van der Waals surface area contributed by atoms with E-state index < -0.39 is 29.7 Å². The van der Waals surface area contributed by atoms with E-state index in [1.165, 1.54) is 6.33 Å². The van der Waals surface area contributed by atoms with Gasteiger partial charge in [0.1, 0.15) is 23.6 Å². The van der Waals surface area contributed by atoms with Crippen LogP contribution in [-0.4, -0.2) is 97.2 Å². The summed E-state index contributed by atoms with van der Waals surface area (Å²) in [5.41, 5.74) is 6.04. The first kappa shape index (κ1) is 35.0. The highest BCUT2D eigenvalue weighted by Gasteiger charge is 2.46. The number of imidazole rings is 1. The average Bonchev–Trinajstić information content (AvgIpc) is 3.73. The number of fused-ring (bicyclic) bond motifs is 2. The van der Waals surface area contributed by atoms with Crippen molar-refractivity contribution in [2.75, 3.05) is 41.3 Å². The number of aromatic nitrogens is 5. The molecule has 0 bridgehead atoms. The van der Waals surface area contributed by atoms with Gasteiger partial charge < -0.3 is 25.0 Å². The molecule has 9 rings (SSSR count). The van der Waals surface area contributed by atoms with Crippen molar-refractivity contribution >= 4 is 57.9 Å². The van der Waals surface area contributed by atoms with E-state index in [1.807, 2.05) is 31.2 Å². The SMILES string of the molecule is Cc1cccc(C(=O)NC2CC(n3cnc4c(NCc5cccc(N6CCN(c7cccc8c7C(=O)N([C@H]7CCC(=O)NC7=O)C8=O)CC6)c5)ncnc43)C2)n1. The molecule has 2 aromatic carbocycles. The molecule has 0 spiro atoms. The van der Waals surface area contributed by atoms with E-state index in [-0.39, 0.29) is 36.4 Å². The van der Waals surface area contributed by atoms with Gasteiger partial charge in [-0.2, -0.15) is 0 Å². The van der Waals surface area contributed by atoms with E-state index in [4.69, 9.17) is 0 Å². The molecule has 16 heteroatoms. The normalized spacial score (nSPS) is 20.9. The van der Waals surface area contributed by atoms with Crippen LogP contribution in [0.2, 0.25) is 0 Å². The average molecular weight is 754 g/mol. The first-order chi connectivity index (χ1) is 27.2. The summed E-state index contributed by atoms with van der Waals surface area (Å²) >= 11 is 0. The maximum Gasteiger partial charge on any atom is 0.270 e. The number of amides is 5. The predicted octanol–water partition coefficient (Wildman–Crippen LogP) is 3.00. The zero-order valence-electron chi connectivity index (χ0n) is 30.6. The monoisotopic (exact) mass is 753 g/mol. The largest absolute Gasteiger partial charge is 0.368 e. The molecular weight excluding hydrogens is 715 g/mol. The van der Waals surface area contributed by atoms with Gasteiger partial charge in [0, 0.05) is 62.6 Å². The Bertz CT molecular complexity index is 2420. The molecule has 0 radical (unpaired) electrons. The Kier molecular flexibility index (Phi) is 8.86. The van der Waals surface area contributed by atoms with Crippen molar-refractivity contribution in [3.63, 3.8) is 0 Å². The maximum atomic E-state index is 13.7. The number of nitrogens with one attached hydrogen (secondary N) is 3.